The minimum Gasteiger partial charge on any atom is -0.258 e. The van der Waals surface area contributed by atoms with Crippen LogP contribution >= 0.6 is 0 Å². The van der Waals surface area contributed by atoms with Crippen LogP contribution in [0.25, 0.3) is 0 Å². The molecule has 1 aromatic rings. The van der Waals surface area contributed by atoms with Crippen LogP contribution in [-0.4, -0.2) is 9.97 Å². The maximum Gasteiger partial charge on any atom is 0.0555 e. The van der Waals surface area contributed by atoms with Crippen LogP contribution in [0.2, 0.25) is 0 Å². The lowest BCUT2D eigenvalue weighted by molar-refractivity contribution is 0.886. The second-order valence-electron chi connectivity index (χ2n) is 2.80. The Balaban J connectivity index is 0.000000261. The molecule has 0 aliphatic carbocycles. The normalized spacial score (nSPS) is 8.67. The summed E-state index contributed by atoms with van der Waals surface area (Å²) in [5, 5.41) is 0. The molecule has 1 aromatic heterocycles. The Morgan fingerprint density at radius 2 is 1.25 bits per heavy atom. The molecule has 1 rings (SSSR count). The average Bonchev–Trinajstić information content (AvgIpc) is 2.11. The van der Waals surface area contributed by atoms with Gasteiger partial charge >= 0.3 is 0 Å². The van der Waals surface area contributed by atoms with Crippen molar-refractivity contribution in [2.75, 3.05) is 0 Å². The highest BCUT2D eigenvalue weighted by atomic mass is 14.8. The predicted octanol–water partition coefficient (Wildman–Crippen LogP) is 2.90. The zero-order valence-corrected chi connectivity index (χ0v) is 8.46. The Labute approximate surface area is 75.1 Å². The van der Waals surface area contributed by atoms with Crippen molar-refractivity contribution in [1.82, 2.24) is 9.97 Å². The minimum atomic E-state index is 0.968. The summed E-state index contributed by atoms with van der Waals surface area (Å²) in [7, 11) is 0. The Bertz CT molecular complexity index is 168. The molecule has 12 heavy (non-hydrogen) atoms. The topological polar surface area (TPSA) is 25.8 Å². The number of nitrogens with zero attached hydrogens (tertiary/aromatic N) is 2. The van der Waals surface area contributed by atoms with Gasteiger partial charge in [0.05, 0.1) is 11.4 Å². The third-order valence-corrected chi connectivity index (χ3v) is 1.41. The number of rotatable bonds is 1. The van der Waals surface area contributed by atoms with Crippen molar-refractivity contribution in [2.45, 2.75) is 40.5 Å². The zero-order chi connectivity index (χ0) is 9.40. The molecular formula is C10H18N2. The van der Waals surface area contributed by atoms with Gasteiger partial charge in [-0.15, -0.1) is 0 Å². The Hall–Kier alpha value is -0.920. The van der Waals surface area contributed by atoms with Crippen LogP contribution < -0.4 is 0 Å². The molecule has 0 aliphatic rings. The van der Waals surface area contributed by atoms with Gasteiger partial charge in [-0.3, -0.25) is 9.97 Å². The second-order valence-corrected chi connectivity index (χ2v) is 2.80. The van der Waals surface area contributed by atoms with E-state index in [1.54, 1.807) is 12.4 Å². The van der Waals surface area contributed by atoms with Gasteiger partial charge < -0.3 is 0 Å². The number of aromatic nitrogens is 2. The van der Waals surface area contributed by atoms with Crippen molar-refractivity contribution in [3.8, 4) is 0 Å². The molecule has 0 amide bonds. The fourth-order valence-electron chi connectivity index (χ4n) is 0.457. The molecule has 0 aliphatic heterocycles. The third kappa shape index (κ3) is 5.83. The van der Waals surface area contributed by atoms with E-state index >= 15 is 0 Å². The minimum absolute atomic E-state index is 0.968. The Morgan fingerprint density at radius 3 is 1.42 bits per heavy atom. The van der Waals surface area contributed by atoms with E-state index in [4.69, 9.17) is 0 Å². The van der Waals surface area contributed by atoms with E-state index < -0.39 is 0 Å². The van der Waals surface area contributed by atoms with Gasteiger partial charge in [-0.1, -0.05) is 26.7 Å². The van der Waals surface area contributed by atoms with E-state index in [2.05, 4.69) is 23.8 Å². The van der Waals surface area contributed by atoms with Crippen LogP contribution in [-0.2, 0) is 0 Å². The Kier molecular flexibility index (Phi) is 6.25. The Morgan fingerprint density at radius 1 is 0.917 bits per heavy atom. The van der Waals surface area contributed by atoms with Gasteiger partial charge in [0, 0.05) is 12.4 Å². The first-order chi connectivity index (χ1) is 5.70. The molecule has 1 heterocycles. The van der Waals surface area contributed by atoms with Crippen LogP contribution in [0.5, 0.6) is 0 Å². The van der Waals surface area contributed by atoms with Gasteiger partial charge in [0.1, 0.15) is 0 Å². The lowest BCUT2D eigenvalue weighted by Crippen LogP contribution is -1.84. The fraction of sp³-hybridized carbons (Fsp3) is 0.600. The first kappa shape index (κ1) is 11.1. The van der Waals surface area contributed by atoms with Gasteiger partial charge in [-0.05, 0) is 13.8 Å². The standard InChI is InChI=1S/C6H8N2.C4H10/c1-5-3-8-6(2)4-7-5;1-3-4-2/h3-4H,1-2H3;3-4H2,1-2H3. The SMILES string of the molecule is CCCC.Cc1cnc(C)cn1. The van der Waals surface area contributed by atoms with E-state index in [1.807, 2.05) is 13.8 Å². The molecule has 0 fully saturated rings. The summed E-state index contributed by atoms with van der Waals surface area (Å²) in [6.45, 7) is 8.21. The van der Waals surface area contributed by atoms with E-state index in [-0.39, 0.29) is 0 Å². The smallest absolute Gasteiger partial charge is 0.0555 e. The highest BCUT2D eigenvalue weighted by Gasteiger charge is 1.82. The number of aryl methyl sites for hydroxylation is 2. The first-order valence-corrected chi connectivity index (χ1v) is 4.46. The van der Waals surface area contributed by atoms with Gasteiger partial charge in [-0.25, -0.2) is 0 Å². The number of unbranched alkanes of at least 4 members (excludes halogenated alkanes) is 1. The molecule has 0 unspecified atom stereocenters. The van der Waals surface area contributed by atoms with Crippen molar-refractivity contribution in [3.05, 3.63) is 23.8 Å². The predicted molar refractivity (Wildman–Crippen MR) is 52.1 cm³/mol. The summed E-state index contributed by atoms with van der Waals surface area (Å²) in [5.74, 6) is 0. The molecule has 0 aromatic carbocycles. The maximum atomic E-state index is 4.02. The van der Waals surface area contributed by atoms with E-state index in [0.717, 1.165) is 11.4 Å². The number of hydrogen-bond acceptors (Lipinski definition) is 2. The lowest BCUT2D eigenvalue weighted by Gasteiger charge is -1.88. The van der Waals surface area contributed by atoms with Gasteiger partial charge in [0.15, 0.2) is 0 Å². The second kappa shape index (κ2) is 6.77. The molecular weight excluding hydrogens is 148 g/mol. The molecule has 2 nitrogen and oxygen atoms in total. The summed E-state index contributed by atoms with van der Waals surface area (Å²) in [6, 6.07) is 0. The summed E-state index contributed by atoms with van der Waals surface area (Å²) in [5.41, 5.74) is 1.94. The van der Waals surface area contributed by atoms with Crippen molar-refractivity contribution in [3.63, 3.8) is 0 Å². The quantitative estimate of drug-likeness (QED) is 0.641. The summed E-state index contributed by atoms with van der Waals surface area (Å²) >= 11 is 0. The van der Waals surface area contributed by atoms with Crippen molar-refractivity contribution < 1.29 is 0 Å². The highest BCUT2D eigenvalue weighted by Crippen LogP contribution is 1.88. The van der Waals surface area contributed by atoms with Crippen LogP contribution in [0.15, 0.2) is 12.4 Å². The summed E-state index contributed by atoms with van der Waals surface area (Å²) in [6.07, 6.45) is 6.16. The van der Waals surface area contributed by atoms with E-state index in [9.17, 15) is 0 Å². The largest absolute Gasteiger partial charge is 0.258 e. The first-order valence-electron chi connectivity index (χ1n) is 4.46. The molecule has 68 valence electrons. The number of hydrogen-bond donors (Lipinski definition) is 0. The molecule has 0 bridgehead atoms. The van der Waals surface area contributed by atoms with Gasteiger partial charge in [-0.2, -0.15) is 0 Å². The average molecular weight is 166 g/mol. The van der Waals surface area contributed by atoms with Crippen LogP contribution in [0.4, 0.5) is 0 Å². The van der Waals surface area contributed by atoms with Gasteiger partial charge in [0.2, 0.25) is 0 Å². The maximum absolute atomic E-state index is 4.02. The van der Waals surface area contributed by atoms with Crippen LogP contribution in [0, 0.1) is 13.8 Å². The fourth-order valence-corrected chi connectivity index (χ4v) is 0.457. The van der Waals surface area contributed by atoms with E-state index in [1.165, 1.54) is 12.8 Å². The molecule has 0 spiro atoms. The summed E-state index contributed by atoms with van der Waals surface area (Å²) in [4.78, 5) is 8.03. The molecule has 0 radical (unpaired) electrons. The molecule has 2 heteroatoms. The van der Waals surface area contributed by atoms with Crippen molar-refractivity contribution in [1.29, 1.82) is 0 Å². The molecule has 0 N–H and O–H groups in total. The van der Waals surface area contributed by atoms with Crippen LogP contribution in [0.3, 0.4) is 0 Å². The van der Waals surface area contributed by atoms with E-state index in [0.29, 0.717) is 0 Å². The molecule has 0 saturated carbocycles. The third-order valence-electron chi connectivity index (χ3n) is 1.41. The molecule has 0 atom stereocenters. The molecule has 0 saturated heterocycles. The summed E-state index contributed by atoms with van der Waals surface area (Å²) < 4.78 is 0. The zero-order valence-electron chi connectivity index (χ0n) is 8.46. The van der Waals surface area contributed by atoms with Crippen molar-refractivity contribution >= 4 is 0 Å². The van der Waals surface area contributed by atoms with Crippen LogP contribution in [0.1, 0.15) is 38.1 Å². The van der Waals surface area contributed by atoms with Crippen molar-refractivity contribution in [2.24, 2.45) is 0 Å². The highest BCUT2D eigenvalue weighted by molar-refractivity contribution is 4.97. The lowest BCUT2D eigenvalue weighted by atomic mass is 10.4. The monoisotopic (exact) mass is 166 g/mol. The van der Waals surface area contributed by atoms with Gasteiger partial charge in [0.25, 0.3) is 0 Å².